The predicted octanol–water partition coefficient (Wildman–Crippen LogP) is 3.14. The molecule has 1 aromatic heterocycles. The first-order chi connectivity index (χ1) is 14.3. The van der Waals surface area contributed by atoms with E-state index in [2.05, 4.69) is 15.2 Å². The molecule has 10 nitrogen and oxygen atoms in total. The number of hydrogen-bond donors (Lipinski definition) is 2. The summed E-state index contributed by atoms with van der Waals surface area (Å²) in [6.07, 6.45) is 1.40. The van der Waals surface area contributed by atoms with Gasteiger partial charge in [0.05, 0.1) is 21.8 Å². The molecule has 1 amide bonds. The van der Waals surface area contributed by atoms with Crippen LogP contribution in [0.15, 0.2) is 81.3 Å². The number of non-ortho nitro benzene ring substituents is 1. The highest BCUT2D eigenvalue weighted by Gasteiger charge is 2.15. The summed E-state index contributed by atoms with van der Waals surface area (Å²) < 4.78 is 29.6. The molecule has 3 rings (SSSR count). The first-order valence-electron chi connectivity index (χ1n) is 8.52. The molecule has 0 saturated heterocycles. The molecule has 1 heterocycles. The fourth-order valence-corrected chi connectivity index (χ4v) is 3.24. The highest BCUT2D eigenvalue weighted by Crippen LogP contribution is 2.16. The van der Waals surface area contributed by atoms with E-state index in [0.29, 0.717) is 17.0 Å². The second-order valence-electron chi connectivity index (χ2n) is 6.05. The SMILES string of the molecule is CC(=NNS(=O)(=O)c1ccc([N+](=O)[O-])cc1)c1ccc(NC(=O)c2ccco2)cc1. The maximum atomic E-state index is 12.3. The number of furan rings is 1. The minimum Gasteiger partial charge on any atom is -0.459 e. The summed E-state index contributed by atoms with van der Waals surface area (Å²) in [4.78, 5) is 24.0. The topological polar surface area (TPSA) is 144 Å². The van der Waals surface area contributed by atoms with Crippen molar-refractivity contribution in [2.24, 2.45) is 5.10 Å². The molecule has 11 heteroatoms. The number of benzene rings is 2. The lowest BCUT2D eigenvalue weighted by molar-refractivity contribution is -0.384. The normalized spacial score (nSPS) is 11.7. The fraction of sp³-hybridized carbons (Fsp3) is 0.0526. The van der Waals surface area contributed by atoms with Gasteiger partial charge in [0.1, 0.15) is 0 Å². The number of carbonyl (C=O) groups is 1. The molecular formula is C19H16N4O6S. The van der Waals surface area contributed by atoms with Crippen LogP contribution in [0.3, 0.4) is 0 Å². The van der Waals surface area contributed by atoms with Crippen molar-refractivity contribution < 1.29 is 22.6 Å². The molecule has 0 unspecified atom stereocenters. The van der Waals surface area contributed by atoms with Crippen LogP contribution >= 0.6 is 0 Å². The van der Waals surface area contributed by atoms with Gasteiger partial charge in [-0.05, 0) is 48.9 Å². The van der Waals surface area contributed by atoms with Gasteiger partial charge in [0.15, 0.2) is 5.76 Å². The van der Waals surface area contributed by atoms with Crippen molar-refractivity contribution in [1.29, 1.82) is 0 Å². The highest BCUT2D eigenvalue weighted by molar-refractivity contribution is 7.89. The minimum atomic E-state index is -3.98. The van der Waals surface area contributed by atoms with Gasteiger partial charge in [0, 0.05) is 17.8 Å². The van der Waals surface area contributed by atoms with Crippen molar-refractivity contribution in [3.63, 3.8) is 0 Å². The van der Waals surface area contributed by atoms with Gasteiger partial charge in [-0.15, -0.1) is 0 Å². The third-order valence-electron chi connectivity index (χ3n) is 4.00. The Morgan fingerprint density at radius 1 is 1.07 bits per heavy atom. The Morgan fingerprint density at radius 3 is 2.30 bits per heavy atom. The van der Waals surface area contributed by atoms with Gasteiger partial charge in [0.2, 0.25) is 0 Å². The summed E-state index contributed by atoms with van der Waals surface area (Å²) in [6.45, 7) is 1.61. The number of carbonyl (C=O) groups excluding carboxylic acids is 1. The fourth-order valence-electron chi connectivity index (χ4n) is 2.39. The van der Waals surface area contributed by atoms with Crippen LogP contribution in [0.5, 0.6) is 0 Å². The number of rotatable bonds is 7. The van der Waals surface area contributed by atoms with Crippen molar-refractivity contribution in [3.8, 4) is 0 Å². The van der Waals surface area contributed by atoms with Crippen LogP contribution in [-0.2, 0) is 10.0 Å². The van der Waals surface area contributed by atoms with E-state index < -0.39 is 20.9 Å². The zero-order valence-electron chi connectivity index (χ0n) is 15.6. The lowest BCUT2D eigenvalue weighted by atomic mass is 10.1. The Morgan fingerprint density at radius 2 is 1.73 bits per heavy atom. The lowest BCUT2D eigenvalue weighted by Gasteiger charge is -2.07. The van der Waals surface area contributed by atoms with Crippen LogP contribution in [0.25, 0.3) is 0 Å². The molecule has 0 bridgehead atoms. The molecule has 154 valence electrons. The maximum Gasteiger partial charge on any atom is 0.291 e. The van der Waals surface area contributed by atoms with Crippen molar-refractivity contribution in [3.05, 3.63) is 88.4 Å². The smallest absolute Gasteiger partial charge is 0.291 e. The molecule has 0 fully saturated rings. The molecule has 0 aliphatic carbocycles. The maximum absolute atomic E-state index is 12.3. The third-order valence-corrected chi connectivity index (χ3v) is 5.22. The molecule has 0 saturated carbocycles. The molecule has 30 heavy (non-hydrogen) atoms. The first-order valence-corrected chi connectivity index (χ1v) is 10.0. The lowest BCUT2D eigenvalue weighted by Crippen LogP contribution is -2.20. The largest absolute Gasteiger partial charge is 0.459 e. The predicted molar refractivity (Wildman–Crippen MR) is 109 cm³/mol. The van der Waals surface area contributed by atoms with Gasteiger partial charge in [-0.3, -0.25) is 14.9 Å². The van der Waals surface area contributed by atoms with Gasteiger partial charge >= 0.3 is 0 Å². The van der Waals surface area contributed by atoms with Gasteiger partial charge in [-0.1, -0.05) is 12.1 Å². The number of nitrogens with one attached hydrogen (secondary N) is 2. The van der Waals surface area contributed by atoms with E-state index in [9.17, 15) is 23.3 Å². The van der Waals surface area contributed by atoms with Crippen molar-refractivity contribution in [2.75, 3.05) is 5.32 Å². The Balaban J connectivity index is 1.67. The summed E-state index contributed by atoms with van der Waals surface area (Å²) in [5, 5.41) is 17.2. The standard InChI is InChI=1S/C19H16N4O6S/c1-13(21-22-30(27,28)17-10-8-16(9-11-17)23(25)26)14-4-6-15(7-5-14)20-19(24)18-3-2-12-29-18/h2-12,22H,1H3,(H,20,24). The van der Waals surface area contributed by atoms with Crippen molar-refractivity contribution in [2.45, 2.75) is 11.8 Å². The minimum absolute atomic E-state index is 0.152. The molecule has 0 spiro atoms. The second-order valence-corrected chi connectivity index (χ2v) is 7.71. The number of hydrazone groups is 1. The van der Waals surface area contributed by atoms with E-state index in [4.69, 9.17) is 4.42 Å². The van der Waals surface area contributed by atoms with Gasteiger partial charge < -0.3 is 9.73 Å². The zero-order valence-corrected chi connectivity index (χ0v) is 16.4. The number of nitrogens with zero attached hydrogens (tertiary/aromatic N) is 2. The summed E-state index contributed by atoms with van der Waals surface area (Å²) in [5.74, 6) is -0.216. The summed E-state index contributed by atoms with van der Waals surface area (Å²) in [7, 11) is -3.98. The van der Waals surface area contributed by atoms with E-state index in [1.807, 2.05) is 0 Å². The van der Waals surface area contributed by atoms with Crippen LogP contribution in [0.2, 0.25) is 0 Å². The molecule has 0 atom stereocenters. The van der Waals surface area contributed by atoms with E-state index in [-0.39, 0.29) is 16.3 Å². The summed E-state index contributed by atoms with van der Waals surface area (Å²) in [6, 6.07) is 14.2. The summed E-state index contributed by atoms with van der Waals surface area (Å²) in [5.41, 5.74) is 1.31. The average Bonchev–Trinajstić information content (AvgIpc) is 3.28. The number of hydrogen-bond acceptors (Lipinski definition) is 7. The summed E-state index contributed by atoms with van der Waals surface area (Å²) >= 11 is 0. The molecule has 0 radical (unpaired) electrons. The number of amides is 1. The molecular weight excluding hydrogens is 412 g/mol. The van der Waals surface area contributed by atoms with Crippen LogP contribution < -0.4 is 10.1 Å². The van der Waals surface area contributed by atoms with E-state index in [1.54, 1.807) is 37.3 Å². The Bertz CT molecular complexity index is 1180. The number of nitro groups is 1. The number of anilines is 1. The van der Waals surface area contributed by atoms with E-state index in [0.717, 1.165) is 24.3 Å². The number of nitro benzene ring substituents is 1. The monoisotopic (exact) mass is 428 g/mol. The molecule has 3 aromatic rings. The molecule has 2 N–H and O–H groups in total. The van der Waals surface area contributed by atoms with Gasteiger partial charge in [-0.25, -0.2) is 0 Å². The molecule has 2 aromatic carbocycles. The van der Waals surface area contributed by atoms with Crippen LogP contribution in [-0.4, -0.2) is 25.0 Å². The molecule has 0 aliphatic rings. The van der Waals surface area contributed by atoms with Gasteiger partial charge in [-0.2, -0.15) is 18.4 Å². The molecule has 0 aliphatic heterocycles. The third kappa shape index (κ3) is 4.89. The van der Waals surface area contributed by atoms with Crippen LogP contribution in [0.4, 0.5) is 11.4 Å². The quantitative estimate of drug-likeness (QED) is 0.336. The van der Waals surface area contributed by atoms with Gasteiger partial charge in [0.25, 0.3) is 21.6 Å². The number of sulfonamides is 1. The van der Waals surface area contributed by atoms with E-state index in [1.165, 1.54) is 12.3 Å². The average molecular weight is 428 g/mol. The Kier molecular flexibility index (Phi) is 5.93. The van der Waals surface area contributed by atoms with Crippen LogP contribution in [0.1, 0.15) is 23.0 Å². The van der Waals surface area contributed by atoms with Crippen molar-refractivity contribution >= 4 is 33.0 Å². The highest BCUT2D eigenvalue weighted by atomic mass is 32.2. The van der Waals surface area contributed by atoms with Crippen molar-refractivity contribution in [1.82, 2.24) is 4.83 Å². The zero-order chi connectivity index (χ0) is 21.7. The Labute approximate surface area is 171 Å². The Hall–Kier alpha value is -3.99. The van der Waals surface area contributed by atoms with Crippen LogP contribution in [0, 0.1) is 10.1 Å². The first kappa shape index (κ1) is 20.7. The second kappa shape index (κ2) is 8.57. The van der Waals surface area contributed by atoms with E-state index >= 15 is 0 Å².